The van der Waals surface area contributed by atoms with Crippen LogP contribution in [0.1, 0.15) is 8.22 Å². The van der Waals surface area contributed by atoms with E-state index in [0.717, 1.165) is 12.3 Å². The second kappa shape index (κ2) is 7.59. The van der Waals surface area contributed by atoms with Crippen LogP contribution in [-0.4, -0.2) is 42.9 Å². The third-order valence-electron chi connectivity index (χ3n) is 2.83. The molecular weight excluding hydrogens is 339 g/mol. The lowest BCUT2D eigenvalue weighted by Gasteiger charge is -2.42. The van der Waals surface area contributed by atoms with Crippen molar-refractivity contribution in [3.05, 3.63) is 36.5 Å². The molecule has 2 aliphatic heterocycles. The fourth-order valence-electron chi connectivity index (χ4n) is 1.81. The summed E-state index contributed by atoms with van der Waals surface area (Å²) in [5.41, 5.74) is -6.52. The van der Waals surface area contributed by atoms with Gasteiger partial charge in [-0.2, -0.15) is 0 Å². The zero-order valence-corrected chi connectivity index (χ0v) is 13.4. The van der Waals surface area contributed by atoms with Gasteiger partial charge >= 0.3 is 0 Å². The summed E-state index contributed by atoms with van der Waals surface area (Å²) in [7, 11) is 1.29. The Hall–Kier alpha value is -1.18. The standard InChI is InChI=1S/C15H20Cl2N4O2/c1-22-9-5-2-3-6-10(9)23-11-12(16)20-15(21-13(11)17)14-18-7-4-8-19-14/h2-7,11-15,18-21H,8H2,1H3/i8D,11D,12D,13D,14D,15D/hD4. The number of hydrogen-bond donors (Lipinski definition) is 4. The first-order valence-corrected chi connectivity index (χ1v) is 7.26. The SMILES string of the molecule is [2H]C1C=CN([2H])C([2H])(C2([2H])N([2H])C([2H])(Cl)C([2H])(Oc3ccccc3OC)C([2H])(Cl)N2[2H])N1[2H]. The van der Waals surface area contributed by atoms with Crippen LogP contribution in [0, 0.1) is 0 Å². The summed E-state index contributed by atoms with van der Waals surface area (Å²) in [5.74, 6) is -0.151. The molecule has 2 aliphatic rings. The molecule has 4 N–H and O–H groups in total. The number of hydrogen-bond acceptors (Lipinski definition) is 6. The van der Waals surface area contributed by atoms with Crippen molar-refractivity contribution in [3.8, 4) is 11.5 Å². The number of benzene rings is 1. The Morgan fingerprint density at radius 3 is 2.61 bits per heavy atom. The quantitative estimate of drug-likeness (QED) is 0.471. The summed E-state index contributed by atoms with van der Waals surface area (Å²) in [6.45, 7) is -1.61. The maximum atomic E-state index is 8.80. The van der Waals surface area contributed by atoms with Crippen molar-refractivity contribution in [2.45, 2.75) is 29.3 Å². The van der Waals surface area contributed by atoms with Gasteiger partial charge in [-0.3, -0.25) is 15.9 Å². The van der Waals surface area contributed by atoms with Gasteiger partial charge in [-0.05, 0) is 18.3 Å². The van der Waals surface area contributed by atoms with Gasteiger partial charge in [0, 0.05) is 7.89 Å². The third-order valence-corrected chi connectivity index (χ3v) is 3.34. The Kier molecular flexibility index (Phi) is 2.73. The van der Waals surface area contributed by atoms with Gasteiger partial charge in [0.15, 0.2) is 19.0 Å². The zero-order chi connectivity index (χ0) is 25.2. The second-order valence-corrected chi connectivity index (χ2v) is 5.00. The number of methoxy groups -OCH3 is 1. The van der Waals surface area contributed by atoms with Crippen molar-refractivity contribution in [1.82, 2.24) is 21.2 Å². The minimum atomic E-state index is -3.36. The van der Waals surface area contributed by atoms with E-state index < -0.39 is 35.8 Å². The van der Waals surface area contributed by atoms with Crippen LogP contribution in [-0.2, 0) is 0 Å². The molecule has 1 aromatic rings. The molecule has 0 amide bonds. The van der Waals surface area contributed by atoms with Gasteiger partial charge in [0.2, 0.25) is 0 Å². The average molecular weight is 369 g/mol. The smallest absolute Gasteiger partial charge is 0.161 e. The maximum absolute atomic E-state index is 8.80. The summed E-state index contributed by atoms with van der Waals surface area (Å²) >= 11 is 12.5. The highest BCUT2D eigenvalue weighted by atomic mass is 35.5. The number of nitrogens with one attached hydrogen (secondary N) is 4. The number of para-hydroxylation sites is 2. The van der Waals surface area contributed by atoms with Crippen molar-refractivity contribution in [3.63, 3.8) is 0 Å². The van der Waals surface area contributed by atoms with Crippen LogP contribution in [0.4, 0.5) is 0 Å². The van der Waals surface area contributed by atoms with Crippen LogP contribution in [0.2, 0.25) is 5.65 Å². The molecule has 0 aromatic heterocycles. The molecule has 0 bridgehead atoms. The molecule has 3 rings (SSSR count). The molecule has 0 aliphatic carbocycles. The van der Waals surface area contributed by atoms with E-state index in [-0.39, 0.29) is 32.7 Å². The summed E-state index contributed by atoms with van der Waals surface area (Å²) in [6, 6.07) is 5.79. The molecule has 1 aromatic carbocycles. The summed E-state index contributed by atoms with van der Waals surface area (Å²) in [6.07, 6.45) is -7.77. The average Bonchev–Trinajstić information content (AvgIpc) is 2.77. The van der Waals surface area contributed by atoms with E-state index in [0.29, 0.717) is 0 Å². The van der Waals surface area contributed by atoms with Crippen molar-refractivity contribution in [2.75, 3.05) is 13.6 Å². The molecule has 126 valence electrons. The van der Waals surface area contributed by atoms with Crippen molar-refractivity contribution in [1.29, 1.82) is 0 Å². The number of ether oxygens (including phenoxy) is 2. The fourth-order valence-corrected chi connectivity index (χ4v) is 2.27. The Morgan fingerprint density at radius 1 is 1.22 bits per heavy atom. The highest BCUT2D eigenvalue weighted by Gasteiger charge is 2.40. The van der Waals surface area contributed by atoms with E-state index in [1.165, 1.54) is 25.3 Å². The monoisotopic (exact) mass is 368 g/mol. The van der Waals surface area contributed by atoms with E-state index in [1.54, 1.807) is 6.07 Å². The van der Waals surface area contributed by atoms with Gasteiger partial charge in [-0.15, -0.1) is 23.2 Å². The highest BCUT2D eigenvalue weighted by molar-refractivity contribution is 6.24. The number of alkyl halides is 2. The van der Waals surface area contributed by atoms with Gasteiger partial charge in [0.25, 0.3) is 0 Å². The molecule has 1 fully saturated rings. The Bertz CT molecular complexity index is 924. The van der Waals surface area contributed by atoms with E-state index in [2.05, 4.69) is 0 Å². The van der Waals surface area contributed by atoms with Gasteiger partial charge in [-0.1, -0.05) is 18.2 Å². The zero-order valence-electron chi connectivity index (χ0n) is 21.9. The number of rotatable bonds is 4. The Morgan fingerprint density at radius 2 is 1.91 bits per heavy atom. The predicted molar refractivity (Wildman–Crippen MR) is 90.8 cm³/mol. The predicted octanol–water partition coefficient (Wildman–Crippen LogP) is 1.12. The normalized spacial score (nSPS) is 62.2. The van der Waals surface area contributed by atoms with Gasteiger partial charge in [0.1, 0.15) is 21.3 Å². The first-order chi connectivity index (χ1) is 15.0. The molecular formula is C15H20Cl2N4O2. The molecule has 23 heavy (non-hydrogen) atoms. The molecule has 0 radical (unpaired) electrons. The topological polar surface area (TPSA) is 66.6 Å². The minimum absolute atomic E-state index is 0.0564. The molecule has 0 saturated carbocycles. The Labute approximate surface area is 159 Å². The molecule has 0 spiro atoms. The molecule has 1 saturated heterocycles. The van der Waals surface area contributed by atoms with Crippen LogP contribution in [0.25, 0.3) is 0 Å². The first kappa shape index (κ1) is 8.27. The first-order valence-electron chi connectivity index (χ1n) is 11.4. The van der Waals surface area contributed by atoms with E-state index in [4.69, 9.17) is 46.5 Å². The summed E-state index contributed by atoms with van der Waals surface area (Å²) < 4.78 is 94.8. The van der Waals surface area contributed by atoms with Crippen LogP contribution >= 0.6 is 23.2 Å². The highest BCUT2D eigenvalue weighted by Crippen LogP contribution is 2.30. The van der Waals surface area contributed by atoms with Crippen molar-refractivity contribution in [2.24, 2.45) is 0 Å². The largest absolute Gasteiger partial charge is 0.493 e. The molecule has 4 unspecified atom stereocenters. The van der Waals surface area contributed by atoms with E-state index in [1.807, 2.05) is 0 Å². The van der Waals surface area contributed by atoms with Crippen LogP contribution in [0.15, 0.2) is 36.5 Å². The lowest BCUT2D eigenvalue weighted by molar-refractivity contribution is 0.100. The molecule has 6 nitrogen and oxygen atoms in total. The number of halogens is 2. The van der Waals surface area contributed by atoms with Crippen molar-refractivity contribution < 1.29 is 23.3 Å². The molecule has 4 atom stereocenters. The van der Waals surface area contributed by atoms with E-state index in [9.17, 15) is 0 Å². The lowest BCUT2D eigenvalue weighted by Crippen LogP contribution is -2.72. The van der Waals surface area contributed by atoms with Crippen LogP contribution in [0.5, 0.6) is 11.5 Å². The lowest BCUT2D eigenvalue weighted by atomic mass is 10.2. The summed E-state index contributed by atoms with van der Waals surface area (Å²) in [5, 5.41) is -0.157. The van der Waals surface area contributed by atoms with Crippen LogP contribution in [0.3, 0.4) is 0 Å². The molecule has 8 heteroatoms. The minimum Gasteiger partial charge on any atom is -0.493 e. The summed E-state index contributed by atoms with van der Waals surface area (Å²) in [4.78, 5) is 0. The second-order valence-electron chi connectivity index (χ2n) is 4.28. The van der Waals surface area contributed by atoms with Gasteiger partial charge < -0.3 is 14.8 Å². The maximum Gasteiger partial charge on any atom is 0.161 e. The molecule has 2 heterocycles. The van der Waals surface area contributed by atoms with Gasteiger partial charge in [0.05, 0.1) is 20.1 Å². The van der Waals surface area contributed by atoms with Gasteiger partial charge in [-0.25, -0.2) is 0 Å². The third kappa shape index (κ3) is 3.84. The van der Waals surface area contributed by atoms with Crippen molar-refractivity contribution >= 4 is 23.2 Å². The van der Waals surface area contributed by atoms with E-state index >= 15 is 0 Å². The van der Waals surface area contributed by atoms with Crippen LogP contribution < -0.4 is 30.7 Å². The fraction of sp³-hybridized carbons (Fsp3) is 0.467. The Balaban J connectivity index is 2.20.